The van der Waals surface area contributed by atoms with Gasteiger partial charge >= 0.3 is 6.09 Å². The molecule has 10 nitrogen and oxygen atoms in total. The van der Waals surface area contributed by atoms with E-state index in [1.54, 1.807) is 23.1 Å². The highest BCUT2D eigenvalue weighted by Crippen LogP contribution is 2.33. The molecule has 0 bridgehead atoms. The summed E-state index contributed by atoms with van der Waals surface area (Å²) in [4.78, 5) is 18.7. The van der Waals surface area contributed by atoms with Gasteiger partial charge in [0.05, 0.1) is 24.5 Å². The highest BCUT2D eigenvalue weighted by atomic mass is 16.6. The number of anilines is 2. The van der Waals surface area contributed by atoms with E-state index in [4.69, 9.17) is 15.2 Å². The van der Waals surface area contributed by atoms with Gasteiger partial charge in [-0.1, -0.05) is 54.6 Å². The molecule has 2 aliphatic heterocycles. The van der Waals surface area contributed by atoms with Gasteiger partial charge in [0, 0.05) is 38.3 Å². The molecule has 216 valence electrons. The molecule has 10 heteroatoms. The smallest absolute Gasteiger partial charge is 0.410 e. The van der Waals surface area contributed by atoms with Gasteiger partial charge in [0.1, 0.15) is 24.2 Å². The first kappa shape index (κ1) is 27.3. The van der Waals surface area contributed by atoms with Crippen LogP contribution >= 0.6 is 0 Å². The number of piperazine rings is 1. The van der Waals surface area contributed by atoms with E-state index in [0.717, 1.165) is 36.6 Å². The second-order valence-corrected chi connectivity index (χ2v) is 10.6. The Labute approximate surface area is 244 Å². The van der Waals surface area contributed by atoms with E-state index in [2.05, 4.69) is 32.1 Å². The second-order valence-electron chi connectivity index (χ2n) is 10.6. The topological polar surface area (TPSA) is 117 Å². The molecule has 42 heavy (non-hydrogen) atoms. The third-order valence-corrected chi connectivity index (χ3v) is 7.64. The van der Waals surface area contributed by atoms with Crippen molar-refractivity contribution in [1.29, 1.82) is 0 Å². The third kappa shape index (κ3) is 6.39. The summed E-state index contributed by atoms with van der Waals surface area (Å²) in [5, 5.41) is 18.4. The zero-order valence-corrected chi connectivity index (χ0v) is 23.3. The molecule has 0 radical (unpaired) electrons. The number of nitrogen functional groups attached to an aromatic ring is 1. The quantitative estimate of drug-likeness (QED) is 0.324. The van der Waals surface area contributed by atoms with Gasteiger partial charge in [0.2, 0.25) is 0 Å². The zero-order chi connectivity index (χ0) is 28.9. The number of carbonyl (C=O) groups is 1. The van der Waals surface area contributed by atoms with E-state index in [1.165, 1.54) is 5.56 Å². The fourth-order valence-electron chi connectivity index (χ4n) is 5.20. The summed E-state index contributed by atoms with van der Waals surface area (Å²) >= 11 is 0. The number of aromatic hydroxyl groups is 1. The van der Waals surface area contributed by atoms with Gasteiger partial charge in [-0.2, -0.15) is 0 Å². The Morgan fingerprint density at radius 2 is 1.60 bits per heavy atom. The number of benzene rings is 3. The van der Waals surface area contributed by atoms with Crippen LogP contribution in [0.15, 0.2) is 84.9 Å². The normalized spacial score (nSPS) is 15.7. The Balaban J connectivity index is 0.947. The van der Waals surface area contributed by atoms with Gasteiger partial charge in [-0.3, -0.25) is 4.90 Å². The first-order valence-corrected chi connectivity index (χ1v) is 14.1. The number of amides is 1. The van der Waals surface area contributed by atoms with Gasteiger partial charge in [-0.05, 0) is 41.5 Å². The lowest BCUT2D eigenvalue weighted by molar-refractivity contribution is 0.0700. The number of rotatable bonds is 8. The summed E-state index contributed by atoms with van der Waals surface area (Å²) in [6.45, 7) is 5.37. The first-order chi connectivity index (χ1) is 20.5. The molecule has 2 saturated heterocycles. The minimum absolute atomic E-state index is 0.0340. The summed E-state index contributed by atoms with van der Waals surface area (Å²) in [5.41, 5.74) is 10.3. The van der Waals surface area contributed by atoms with E-state index >= 15 is 0 Å². The summed E-state index contributed by atoms with van der Waals surface area (Å²) in [6.07, 6.45) is -0.222. The maximum absolute atomic E-state index is 12.4. The minimum atomic E-state index is -0.256. The molecular weight excluding hydrogens is 532 g/mol. The monoisotopic (exact) mass is 566 g/mol. The number of phenolic OH excluding ortho intramolecular Hbond substituents is 1. The number of hydrogen-bond donors (Lipinski definition) is 2. The Kier molecular flexibility index (Phi) is 8.05. The molecule has 4 aromatic rings. The largest absolute Gasteiger partial charge is 0.507 e. The molecule has 1 amide bonds. The van der Waals surface area contributed by atoms with Gasteiger partial charge in [-0.15, -0.1) is 10.2 Å². The van der Waals surface area contributed by atoms with Crippen molar-refractivity contribution in [1.82, 2.24) is 20.0 Å². The van der Waals surface area contributed by atoms with Crippen molar-refractivity contribution in [3.05, 3.63) is 96.1 Å². The van der Waals surface area contributed by atoms with Crippen molar-refractivity contribution in [2.45, 2.75) is 19.3 Å². The molecule has 3 aromatic carbocycles. The van der Waals surface area contributed by atoms with Crippen molar-refractivity contribution in [3.8, 4) is 22.8 Å². The molecule has 0 aliphatic carbocycles. The molecule has 2 fully saturated rings. The summed E-state index contributed by atoms with van der Waals surface area (Å²) in [6, 6.07) is 26.8. The lowest BCUT2D eigenvalue weighted by atomic mass is 10.1. The number of ether oxygens (including phenoxy) is 2. The highest BCUT2D eigenvalue weighted by molar-refractivity contribution is 5.74. The lowest BCUT2D eigenvalue weighted by Gasteiger charge is -2.40. The van der Waals surface area contributed by atoms with Crippen LogP contribution in [0.4, 0.5) is 16.3 Å². The van der Waals surface area contributed by atoms with Crippen LogP contribution in [0.5, 0.6) is 11.5 Å². The fraction of sp³-hybridized carbons (Fsp3) is 0.281. The van der Waals surface area contributed by atoms with E-state index in [9.17, 15) is 9.90 Å². The van der Waals surface area contributed by atoms with Crippen LogP contribution in [-0.2, 0) is 17.9 Å². The van der Waals surface area contributed by atoms with Crippen LogP contribution in [0.2, 0.25) is 0 Å². The Morgan fingerprint density at radius 1 is 0.881 bits per heavy atom. The standard InChI is InChI=1S/C32H34N6O4/c33-31-29(18-28(34-35-31)27-8-4-5-9-30(27)39)38-20-26(21-38)42-25-12-10-23(11-13-25)19-36-14-16-37(17-15-36)32(40)41-22-24-6-2-1-3-7-24/h1-13,18,26,39H,14-17,19-22H2,(H2,33,35). The Bertz CT molecular complexity index is 1500. The van der Waals surface area contributed by atoms with Crippen LogP contribution in [0.25, 0.3) is 11.3 Å². The van der Waals surface area contributed by atoms with Crippen LogP contribution in [0.3, 0.4) is 0 Å². The maximum Gasteiger partial charge on any atom is 0.410 e. The fourth-order valence-corrected chi connectivity index (χ4v) is 5.20. The van der Waals surface area contributed by atoms with Crippen LogP contribution in [0.1, 0.15) is 11.1 Å². The first-order valence-electron chi connectivity index (χ1n) is 14.1. The van der Waals surface area contributed by atoms with Gasteiger partial charge in [0.15, 0.2) is 5.82 Å². The summed E-state index contributed by atoms with van der Waals surface area (Å²) < 4.78 is 11.7. The number of aromatic nitrogens is 2. The summed E-state index contributed by atoms with van der Waals surface area (Å²) in [7, 11) is 0. The van der Waals surface area contributed by atoms with Crippen LogP contribution < -0.4 is 15.4 Å². The van der Waals surface area contributed by atoms with E-state index < -0.39 is 0 Å². The van der Waals surface area contributed by atoms with E-state index in [1.807, 2.05) is 54.6 Å². The van der Waals surface area contributed by atoms with Crippen LogP contribution in [0, 0.1) is 0 Å². The number of carbonyl (C=O) groups excluding carboxylic acids is 1. The number of phenols is 1. The predicted octanol–water partition coefficient (Wildman–Crippen LogP) is 4.15. The van der Waals surface area contributed by atoms with E-state index in [0.29, 0.717) is 49.9 Å². The zero-order valence-electron chi connectivity index (χ0n) is 23.3. The van der Waals surface area contributed by atoms with Gasteiger partial charge < -0.3 is 30.1 Å². The SMILES string of the molecule is Nc1nnc(-c2ccccc2O)cc1N1CC(Oc2ccc(CN3CCN(C(=O)OCc4ccccc4)CC3)cc2)C1. The van der Waals surface area contributed by atoms with Gasteiger partial charge in [0.25, 0.3) is 0 Å². The average molecular weight is 567 g/mol. The molecule has 3 N–H and O–H groups in total. The predicted molar refractivity (Wildman–Crippen MR) is 160 cm³/mol. The Hall–Kier alpha value is -4.83. The van der Waals surface area contributed by atoms with E-state index in [-0.39, 0.29) is 17.9 Å². The summed E-state index contributed by atoms with van der Waals surface area (Å²) in [5.74, 6) is 1.32. The molecular formula is C32H34N6O4. The number of para-hydroxylation sites is 1. The lowest BCUT2D eigenvalue weighted by Crippen LogP contribution is -2.54. The minimum Gasteiger partial charge on any atom is -0.507 e. The Morgan fingerprint density at radius 3 is 2.33 bits per heavy atom. The molecule has 0 atom stereocenters. The molecule has 0 saturated carbocycles. The van der Waals surface area contributed by atoms with Gasteiger partial charge in [-0.25, -0.2) is 4.79 Å². The molecule has 6 rings (SSSR count). The number of nitrogens with zero attached hydrogens (tertiary/aromatic N) is 5. The van der Waals surface area contributed by atoms with Crippen molar-refractivity contribution < 1.29 is 19.4 Å². The molecule has 1 aromatic heterocycles. The van der Waals surface area contributed by atoms with Crippen molar-refractivity contribution in [2.75, 3.05) is 49.9 Å². The third-order valence-electron chi connectivity index (χ3n) is 7.64. The van der Waals surface area contributed by atoms with Crippen molar-refractivity contribution in [2.24, 2.45) is 0 Å². The molecule has 0 spiro atoms. The second kappa shape index (κ2) is 12.4. The highest BCUT2D eigenvalue weighted by Gasteiger charge is 2.31. The maximum atomic E-state index is 12.4. The molecule has 2 aliphatic rings. The van der Waals surface area contributed by atoms with Crippen molar-refractivity contribution >= 4 is 17.6 Å². The number of nitrogens with two attached hydrogens (primary N) is 1. The van der Waals surface area contributed by atoms with Crippen molar-refractivity contribution in [3.63, 3.8) is 0 Å². The molecule has 3 heterocycles. The molecule has 0 unspecified atom stereocenters. The van der Waals surface area contributed by atoms with Crippen LogP contribution in [-0.4, -0.2) is 76.6 Å². The number of hydrogen-bond acceptors (Lipinski definition) is 9. The average Bonchev–Trinajstić information content (AvgIpc) is 3.00.